The lowest BCUT2D eigenvalue weighted by Crippen LogP contribution is -2.38. The van der Waals surface area contributed by atoms with E-state index in [4.69, 9.17) is 0 Å². The maximum Gasteiger partial charge on any atom is 0.331 e. The van der Waals surface area contributed by atoms with Crippen LogP contribution in [0.2, 0.25) is 0 Å². The van der Waals surface area contributed by atoms with Crippen LogP contribution in [0.15, 0.2) is 0 Å². The predicted octanol–water partition coefficient (Wildman–Crippen LogP) is -1.21. The van der Waals surface area contributed by atoms with E-state index in [1.54, 1.807) is 0 Å². The Labute approximate surface area is 56.0 Å². The molecule has 2 amide bonds. The Kier molecular flexibility index (Phi) is 3.70. The summed E-state index contributed by atoms with van der Waals surface area (Å²) in [4.78, 5) is 25.2. The zero-order valence-corrected chi connectivity index (χ0v) is 6.32. The summed E-state index contributed by atoms with van der Waals surface area (Å²) in [7, 11) is -0.00617. The Morgan fingerprint density at radius 2 is 1.44 bits per heavy atom. The van der Waals surface area contributed by atoms with Gasteiger partial charge < -0.3 is 9.96 Å². The number of hydrogen-bond acceptors (Lipinski definition) is 2. The van der Waals surface area contributed by atoms with Crippen LogP contribution in [0.5, 0.6) is 0 Å². The van der Waals surface area contributed by atoms with E-state index in [0.29, 0.717) is 0 Å². The molecule has 2 radical (unpaired) electrons. The van der Waals surface area contributed by atoms with Crippen molar-refractivity contribution in [1.29, 1.82) is 0 Å². The number of carbonyl (C=O) groups is 2. The lowest BCUT2D eigenvalue weighted by molar-refractivity contribution is -0.117. The van der Waals surface area contributed by atoms with E-state index in [-0.39, 0.29) is 21.7 Å². The van der Waals surface area contributed by atoms with Crippen LogP contribution in [0.25, 0.3) is 0 Å². The van der Waals surface area contributed by atoms with Gasteiger partial charge in [0, 0.05) is 13.8 Å². The van der Waals surface area contributed by atoms with Crippen molar-refractivity contribution in [2.24, 2.45) is 0 Å². The first-order chi connectivity index (χ1) is 4.13. The fraction of sp³-hybridized carbons (Fsp3) is 0.500. The fourth-order valence-corrected chi connectivity index (χ4v) is 0.622. The van der Waals surface area contributed by atoms with Gasteiger partial charge >= 0.3 is 9.84 Å². The molecule has 0 aliphatic heterocycles. The second kappa shape index (κ2) is 4.08. The van der Waals surface area contributed by atoms with Gasteiger partial charge in [0.05, 0.1) is 0 Å². The summed E-state index contributed by atoms with van der Waals surface area (Å²) in [5.41, 5.74) is 0. The van der Waals surface area contributed by atoms with Crippen LogP contribution in [-0.4, -0.2) is 21.7 Å². The third-order valence-corrected chi connectivity index (χ3v) is 1.43. The zero-order chi connectivity index (χ0) is 7.28. The largest absolute Gasteiger partial charge is 0.364 e. The molecule has 0 saturated heterocycles. The van der Waals surface area contributed by atoms with E-state index in [2.05, 4.69) is 9.96 Å². The highest BCUT2D eigenvalue weighted by Gasteiger charge is 1.93. The third kappa shape index (κ3) is 7.16. The van der Waals surface area contributed by atoms with Crippen molar-refractivity contribution < 1.29 is 9.59 Å². The van der Waals surface area contributed by atoms with Crippen LogP contribution in [0, 0.1) is 0 Å². The van der Waals surface area contributed by atoms with Crippen molar-refractivity contribution in [2.45, 2.75) is 13.8 Å². The molecule has 0 atom stereocenters. The molecule has 0 heterocycles. The standard InChI is InChI=1S/C4H8N2O2Si/c1-3(7)5-9-6-4(2)8/h1-2H3,(H,5,7)(H,6,8). The molecule has 0 spiro atoms. The Balaban J connectivity index is 3.10. The van der Waals surface area contributed by atoms with Crippen molar-refractivity contribution in [3.63, 3.8) is 0 Å². The predicted molar refractivity (Wildman–Crippen MR) is 33.4 cm³/mol. The van der Waals surface area contributed by atoms with Crippen molar-refractivity contribution >= 4 is 21.7 Å². The van der Waals surface area contributed by atoms with Crippen LogP contribution in [0.4, 0.5) is 0 Å². The maximum atomic E-state index is 10.2. The highest BCUT2D eigenvalue weighted by Crippen LogP contribution is 1.55. The number of nitrogens with one attached hydrogen (secondary N) is 2. The highest BCUT2D eigenvalue weighted by molar-refractivity contribution is 6.38. The van der Waals surface area contributed by atoms with Gasteiger partial charge in [0.25, 0.3) is 0 Å². The minimum Gasteiger partial charge on any atom is -0.364 e. The maximum absolute atomic E-state index is 10.2. The average Bonchev–Trinajstić information content (AvgIpc) is 1.63. The normalized spacial score (nSPS) is 8.22. The summed E-state index contributed by atoms with van der Waals surface area (Å²) in [6, 6.07) is 0. The molecule has 0 aromatic heterocycles. The molecule has 0 aromatic carbocycles. The molecule has 4 nitrogen and oxygen atoms in total. The average molecular weight is 144 g/mol. The van der Waals surface area contributed by atoms with E-state index in [0.717, 1.165) is 0 Å². The molecule has 0 aliphatic rings. The number of amides is 2. The second-order valence-corrected chi connectivity index (χ2v) is 2.24. The van der Waals surface area contributed by atoms with Gasteiger partial charge in [0.2, 0.25) is 11.8 Å². The molecule has 0 unspecified atom stereocenters. The minimum atomic E-state index is -0.137. The fourth-order valence-electron chi connectivity index (χ4n) is 0.207. The summed E-state index contributed by atoms with van der Waals surface area (Å²) in [5.74, 6) is -0.274. The van der Waals surface area contributed by atoms with E-state index >= 15 is 0 Å². The molecule has 0 aromatic rings. The lowest BCUT2D eigenvalue weighted by atomic mass is 10.8. The van der Waals surface area contributed by atoms with E-state index < -0.39 is 0 Å². The summed E-state index contributed by atoms with van der Waals surface area (Å²) < 4.78 is 0. The Morgan fingerprint density at radius 1 is 1.11 bits per heavy atom. The number of rotatable bonds is 2. The van der Waals surface area contributed by atoms with E-state index in [1.165, 1.54) is 13.8 Å². The number of carbonyl (C=O) groups excluding carboxylic acids is 2. The SMILES string of the molecule is CC(=O)N[Si]NC(C)=O. The molecule has 0 fully saturated rings. The Hall–Kier alpha value is -0.843. The summed E-state index contributed by atoms with van der Waals surface area (Å²) >= 11 is 0. The monoisotopic (exact) mass is 144 g/mol. The first kappa shape index (κ1) is 8.16. The topological polar surface area (TPSA) is 58.2 Å². The molecule has 0 saturated carbocycles. The summed E-state index contributed by atoms with van der Waals surface area (Å²) in [6.07, 6.45) is 0. The third-order valence-electron chi connectivity index (χ3n) is 0.477. The van der Waals surface area contributed by atoms with Gasteiger partial charge in [-0.25, -0.2) is 0 Å². The first-order valence-electron chi connectivity index (χ1n) is 2.41. The molecule has 50 valence electrons. The van der Waals surface area contributed by atoms with Crippen molar-refractivity contribution in [2.75, 3.05) is 0 Å². The van der Waals surface area contributed by atoms with Crippen LogP contribution >= 0.6 is 0 Å². The van der Waals surface area contributed by atoms with Crippen molar-refractivity contribution in [3.8, 4) is 0 Å². The van der Waals surface area contributed by atoms with Crippen LogP contribution < -0.4 is 9.96 Å². The van der Waals surface area contributed by atoms with Gasteiger partial charge in [-0.05, 0) is 0 Å². The molecule has 0 bridgehead atoms. The molecule has 0 rings (SSSR count). The highest BCUT2D eigenvalue weighted by atomic mass is 28.2. The molecular weight excluding hydrogens is 136 g/mol. The first-order valence-corrected chi connectivity index (χ1v) is 3.41. The summed E-state index contributed by atoms with van der Waals surface area (Å²) in [6.45, 7) is 2.80. The minimum absolute atomic E-state index is 0.00617. The molecule has 0 aliphatic carbocycles. The molecule has 9 heavy (non-hydrogen) atoms. The van der Waals surface area contributed by atoms with Crippen LogP contribution in [-0.2, 0) is 9.59 Å². The van der Waals surface area contributed by atoms with Crippen molar-refractivity contribution in [3.05, 3.63) is 0 Å². The lowest BCUT2D eigenvalue weighted by Gasteiger charge is -1.96. The second-order valence-electron chi connectivity index (χ2n) is 1.49. The number of hydrogen-bond donors (Lipinski definition) is 2. The van der Waals surface area contributed by atoms with Gasteiger partial charge in [-0.1, -0.05) is 0 Å². The molecule has 5 heteroatoms. The van der Waals surface area contributed by atoms with E-state index in [9.17, 15) is 9.59 Å². The Bertz CT molecular complexity index is 112. The van der Waals surface area contributed by atoms with Gasteiger partial charge in [-0.15, -0.1) is 0 Å². The quantitative estimate of drug-likeness (QED) is 0.478. The molecular formula is C4H8N2O2Si. The Morgan fingerprint density at radius 3 is 1.67 bits per heavy atom. The van der Waals surface area contributed by atoms with Gasteiger partial charge in [0.1, 0.15) is 0 Å². The smallest absolute Gasteiger partial charge is 0.331 e. The summed E-state index contributed by atoms with van der Waals surface area (Å²) in [5, 5.41) is 0. The van der Waals surface area contributed by atoms with Gasteiger partial charge in [-0.3, -0.25) is 9.59 Å². The molecule has 2 N–H and O–H groups in total. The van der Waals surface area contributed by atoms with Crippen molar-refractivity contribution in [1.82, 2.24) is 9.96 Å². The zero-order valence-electron chi connectivity index (χ0n) is 5.32. The van der Waals surface area contributed by atoms with Crippen LogP contribution in [0.1, 0.15) is 13.8 Å². The van der Waals surface area contributed by atoms with Gasteiger partial charge in [-0.2, -0.15) is 0 Å². The van der Waals surface area contributed by atoms with Gasteiger partial charge in [0.15, 0.2) is 0 Å². The van der Waals surface area contributed by atoms with Crippen LogP contribution in [0.3, 0.4) is 0 Å². The van der Waals surface area contributed by atoms with E-state index in [1.807, 2.05) is 0 Å².